The number of hydrogen-bond donors (Lipinski definition) is 2. The van der Waals surface area contributed by atoms with E-state index in [0.717, 1.165) is 31.4 Å². The maximum Gasteiger partial charge on any atom is 0.229 e. The number of hydrogen-bond acceptors (Lipinski definition) is 4. The molecule has 1 aromatic carbocycles. The fraction of sp³-hybridized carbons (Fsp3) is 0.368. The number of anilines is 1. The van der Waals surface area contributed by atoms with Gasteiger partial charge in [-0.05, 0) is 38.0 Å². The van der Waals surface area contributed by atoms with Crippen molar-refractivity contribution in [2.24, 2.45) is 11.7 Å². The number of rotatable bonds is 4. The van der Waals surface area contributed by atoms with Crippen LogP contribution in [0.2, 0.25) is 0 Å². The van der Waals surface area contributed by atoms with Gasteiger partial charge in [0.15, 0.2) is 0 Å². The van der Waals surface area contributed by atoms with Crippen molar-refractivity contribution in [1.29, 1.82) is 0 Å². The van der Waals surface area contributed by atoms with Crippen molar-refractivity contribution in [1.82, 2.24) is 4.98 Å². The van der Waals surface area contributed by atoms with Gasteiger partial charge in [0.1, 0.15) is 5.75 Å². The van der Waals surface area contributed by atoms with Crippen LogP contribution in [0, 0.1) is 5.92 Å². The highest BCUT2D eigenvalue weighted by atomic mass is 16.5. The Balaban J connectivity index is 1.62. The third kappa shape index (κ3) is 3.92. The van der Waals surface area contributed by atoms with E-state index in [2.05, 4.69) is 10.3 Å². The lowest BCUT2D eigenvalue weighted by atomic mass is 9.74. The van der Waals surface area contributed by atoms with E-state index in [9.17, 15) is 4.79 Å². The SMILES string of the molecule is CC1(N)CCCCC1C(=O)Nc1ccc(Oc2ccccc2)nc1. The van der Waals surface area contributed by atoms with Crippen LogP contribution in [0.5, 0.6) is 11.6 Å². The summed E-state index contributed by atoms with van der Waals surface area (Å²) in [6, 6.07) is 13.0. The van der Waals surface area contributed by atoms with Gasteiger partial charge in [-0.25, -0.2) is 4.98 Å². The van der Waals surface area contributed by atoms with Crippen molar-refractivity contribution in [3.63, 3.8) is 0 Å². The van der Waals surface area contributed by atoms with Gasteiger partial charge in [0, 0.05) is 11.6 Å². The zero-order valence-corrected chi connectivity index (χ0v) is 13.9. The Morgan fingerprint density at radius 2 is 2.04 bits per heavy atom. The molecule has 1 saturated carbocycles. The van der Waals surface area contributed by atoms with Gasteiger partial charge in [0.05, 0.1) is 17.8 Å². The highest BCUT2D eigenvalue weighted by Crippen LogP contribution is 2.32. The molecular weight excluding hydrogens is 302 g/mol. The smallest absolute Gasteiger partial charge is 0.229 e. The minimum atomic E-state index is -0.438. The van der Waals surface area contributed by atoms with Crippen molar-refractivity contribution in [3.8, 4) is 11.6 Å². The first-order valence-electron chi connectivity index (χ1n) is 8.33. The van der Waals surface area contributed by atoms with Gasteiger partial charge in [0.2, 0.25) is 11.8 Å². The van der Waals surface area contributed by atoms with Gasteiger partial charge < -0.3 is 15.8 Å². The largest absolute Gasteiger partial charge is 0.439 e. The van der Waals surface area contributed by atoms with Crippen molar-refractivity contribution >= 4 is 11.6 Å². The second-order valence-corrected chi connectivity index (χ2v) is 6.59. The Bertz CT molecular complexity index is 684. The van der Waals surface area contributed by atoms with Gasteiger partial charge >= 0.3 is 0 Å². The molecule has 1 amide bonds. The maximum absolute atomic E-state index is 12.5. The quantitative estimate of drug-likeness (QED) is 0.898. The maximum atomic E-state index is 12.5. The summed E-state index contributed by atoms with van der Waals surface area (Å²) in [5, 5.41) is 2.92. The lowest BCUT2D eigenvalue weighted by Gasteiger charge is -2.37. The molecule has 3 rings (SSSR count). The second kappa shape index (κ2) is 7.01. The van der Waals surface area contributed by atoms with Crippen LogP contribution in [0.4, 0.5) is 5.69 Å². The van der Waals surface area contributed by atoms with Crippen LogP contribution in [0.3, 0.4) is 0 Å². The molecule has 0 saturated heterocycles. The number of nitrogens with zero attached hydrogens (tertiary/aromatic N) is 1. The van der Waals surface area contributed by atoms with Crippen LogP contribution in [0.25, 0.3) is 0 Å². The number of pyridine rings is 1. The number of para-hydroxylation sites is 1. The number of nitrogens with one attached hydrogen (secondary N) is 1. The third-order valence-corrected chi connectivity index (χ3v) is 4.54. The van der Waals surface area contributed by atoms with Crippen molar-refractivity contribution < 1.29 is 9.53 Å². The summed E-state index contributed by atoms with van der Waals surface area (Å²) in [7, 11) is 0. The van der Waals surface area contributed by atoms with Crippen LogP contribution in [-0.2, 0) is 4.79 Å². The van der Waals surface area contributed by atoms with Crippen LogP contribution < -0.4 is 15.8 Å². The Morgan fingerprint density at radius 1 is 1.25 bits per heavy atom. The highest BCUT2D eigenvalue weighted by molar-refractivity contribution is 5.93. The zero-order valence-electron chi connectivity index (χ0n) is 13.9. The topological polar surface area (TPSA) is 77.2 Å². The summed E-state index contributed by atoms with van der Waals surface area (Å²) < 4.78 is 5.64. The summed E-state index contributed by atoms with van der Waals surface area (Å²) in [6.45, 7) is 1.96. The first-order chi connectivity index (χ1) is 11.5. The first kappa shape index (κ1) is 16.5. The molecule has 2 atom stereocenters. The van der Waals surface area contributed by atoms with Gasteiger partial charge in [-0.1, -0.05) is 31.0 Å². The Hall–Kier alpha value is -2.40. The van der Waals surface area contributed by atoms with Gasteiger partial charge in [-0.3, -0.25) is 4.79 Å². The predicted molar refractivity (Wildman–Crippen MR) is 93.9 cm³/mol. The molecule has 1 aliphatic rings. The molecule has 0 spiro atoms. The summed E-state index contributed by atoms with van der Waals surface area (Å²) in [6.07, 6.45) is 5.46. The first-order valence-corrected chi connectivity index (χ1v) is 8.33. The molecule has 2 unspecified atom stereocenters. The standard InChI is InChI=1S/C19H23N3O2/c1-19(20)12-6-5-9-16(19)18(23)22-14-10-11-17(21-13-14)24-15-7-3-2-4-8-15/h2-4,7-8,10-11,13,16H,5-6,9,12,20H2,1H3,(H,22,23). The molecule has 126 valence electrons. The average Bonchev–Trinajstić information content (AvgIpc) is 2.57. The minimum Gasteiger partial charge on any atom is -0.439 e. The van der Waals surface area contributed by atoms with E-state index in [0.29, 0.717) is 11.6 Å². The number of amides is 1. The number of carbonyl (C=O) groups is 1. The van der Waals surface area contributed by atoms with Crippen LogP contribution in [-0.4, -0.2) is 16.4 Å². The normalized spacial score (nSPS) is 23.5. The van der Waals surface area contributed by atoms with E-state index in [1.807, 2.05) is 37.3 Å². The van der Waals surface area contributed by atoms with E-state index in [4.69, 9.17) is 10.5 Å². The predicted octanol–water partition coefficient (Wildman–Crippen LogP) is 3.72. The third-order valence-electron chi connectivity index (χ3n) is 4.54. The van der Waals surface area contributed by atoms with Crippen molar-refractivity contribution in [2.45, 2.75) is 38.1 Å². The fourth-order valence-electron chi connectivity index (χ4n) is 3.14. The molecule has 1 fully saturated rings. The molecule has 5 heteroatoms. The zero-order chi connectivity index (χ0) is 17.0. The Morgan fingerprint density at radius 3 is 2.71 bits per heavy atom. The van der Waals surface area contributed by atoms with Gasteiger partial charge in [-0.15, -0.1) is 0 Å². The summed E-state index contributed by atoms with van der Waals surface area (Å²) in [5.41, 5.74) is 6.51. The van der Waals surface area contributed by atoms with Crippen LogP contribution in [0.1, 0.15) is 32.6 Å². The van der Waals surface area contributed by atoms with Crippen LogP contribution >= 0.6 is 0 Å². The lowest BCUT2D eigenvalue weighted by molar-refractivity contribution is -0.122. The minimum absolute atomic E-state index is 0.0294. The molecule has 3 N–H and O–H groups in total. The molecule has 0 aliphatic heterocycles. The number of carbonyl (C=O) groups excluding carboxylic acids is 1. The second-order valence-electron chi connectivity index (χ2n) is 6.59. The molecule has 0 bridgehead atoms. The lowest BCUT2D eigenvalue weighted by Crippen LogP contribution is -2.51. The molecule has 0 radical (unpaired) electrons. The number of aromatic nitrogens is 1. The molecule has 5 nitrogen and oxygen atoms in total. The van der Waals surface area contributed by atoms with Crippen molar-refractivity contribution in [3.05, 3.63) is 48.7 Å². The monoisotopic (exact) mass is 325 g/mol. The van der Waals surface area contributed by atoms with Crippen molar-refractivity contribution in [2.75, 3.05) is 5.32 Å². The fourth-order valence-corrected chi connectivity index (χ4v) is 3.14. The van der Waals surface area contributed by atoms with E-state index < -0.39 is 5.54 Å². The Labute approximate surface area is 142 Å². The van der Waals surface area contributed by atoms with E-state index in [1.165, 1.54) is 0 Å². The van der Waals surface area contributed by atoms with Crippen LogP contribution in [0.15, 0.2) is 48.7 Å². The van der Waals surface area contributed by atoms with E-state index >= 15 is 0 Å². The van der Waals surface area contributed by atoms with E-state index in [-0.39, 0.29) is 11.8 Å². The van der Waals surface area contributed by atoms with E-state index in [1.54, 1.807) is 18.3 Å². The highest BCUT2D eigenvalue weighted by Gasteiger charge is 2.37. The molecule has 1 aromatic heterocycles. The number of nitrogens with two attached hydrogens (primary N) is 1. The number of ether oxygens (including phenoxy) is 1. The molecular formula is C19H23N3O2. The average molecular weight is 325 g/mol. The number of benzene rings is 1. The summed E-state index contributed by atoms with van der Waals surface area (Å²) in [4.78, 5) is 16.7. The molecule has 24 heavy (non-hydrogen) atoms. The van der Waals surface area contributed by atoms with Gasteiger partial charge in [-0.2, -0.15) is 0 Å². The molecule has 1 aliphatic carbocycles. The molecule has 1 heterocycles. The Kier molecular flexibility index (Phi) is 4.81. The molecule has 2 aromatic rings. The summed E-state index contributed by atoms with van der Waals surface area (Å²) >= 11 is 0. The van der Waals surface area contributed by atoms with Gasteiger partial charge in [0.25, 0.3) is 0 Å². The summed E-state index contributed by atoms with van der Waals surface area (Å²) in [5.74, 6) is 1.02.